The largest absolute Gasteiger partial charge is 0.323 e. The van der Waals surface area contributed by atoms with Crippen molar-refractivity contribution in [1.82, 2.24) is 10.3 Å². The van der Waals surface area contributed by atoms with Crippen LogP contribution in [-0.2, 0) is 4.79 Å². The summed E-state index contributed by atoms with van der Waals surface area (Å²) in [6.45, 7) is 5.34. The van der Waals surface area contributed by atoms with E-state index in [4.69, 9.17) is 11.6 Å². The highest BCUT2D eigenvalue weighted by Crippen LogP contribution is 2.23. The number of halogens is 2. The van der Waals surface area contributed by atoms with Gasteiger partial charge in [0.05, 0.1) is 5.69 Å². The highest BCUT2D eigenvalue weighted by molar-refractivity contribution is 9.10. The second-order valence-corrected chi connectivity index (χ2v) is 4.96. The maximum absolute atomic E-state index is 11.8. The SMILES string of the molecule is CCNCC(C)C(=O)Nc1cc(Br)cnc1Cl. The Bertz CT molecular complexity index is 400. The second-order valence-electron chi connectivity index (χ2n) is 3.69. The summed E-state index contributed by atoms with van der Waals surface area (Å²) in [7, 11) is 0. The van der Waals surface area contributed by atoms with Crippen LogP contribution in [-0.4, -0.2) is 24.0 Å². The van der Waals surface area contributed by atoms with Crippen LogP contribution in [0.3, 0.4) is 0 Å². The Balaban J connectivity index is 2.64. The third-order valence-corrected chi connectivity index (χ3v) is 2.95. The van der Waals surface area contributed by atoms with Gasteiger partial charge in [-0.3, -0.25) is 4.79 Å². The summed E-state index contributed by atoms with van der Waals surface area (Å²) in [5.41, 5.74) is 0.523. The van der Waals surface area contributed by atoms with Crippen LogP contribution in [0.25, 0.3) is 0 Å². The number of nitrogens with one attached hydrogen (secondary N) is 2. The molecule has 0 aliphatic carbocycles. The number of nitrogens with zero attached hydrogens (tertiary/aromatic N) is 1. The molecule has 1 heterocycles. The third kappa shape index (κ3) is 4.61. The van der Waals surface area contributed by atoms with Gasteiger partial charge in [-0.15, -0.1) is 0 Å². The average Bonchev–Trinajstić information content (AvgIpc) is 2.30. The molecule has 17 heavy (non-hydrogen) atoms. The molecular formula is C11H15BrClN3O. The van der Waals surface area contributed by atoms with E-state index in [1.54, 1.807) is 12.3 Å². The van der Waals surface area contributed by atoms with Gasteiger partial charge in [0.1, 0.15) is 0 Å². The molecule has 1 unspecified atom stereocenters. The van der Waals surface area contributed by atoms with Gasteiger partial charge in [-0.05, 0) is 28.5 Å². The molecule has 0 aliphatic heterocycles. The minimum absolute atomic E-state index is 0.0762. The van der Waals surface area contributed by atoms with E-state index in [-0.39, 0.29) is 17.0 Å². The second kappa shape index (κ2) is 6.93. The van der Waals surface area contributed by atoms with Gasteiger partial charge in [-0.2, -0.15) is 0 Å². The molecule has 6 heteroatoms. The number of carbonyl (C=O) groups excluding carboxylic acids is 1. The van der Waals surface area contributed by atoms with Crippen LogP contribution in [0.1, 0.15) is 13.8 Å². The quantitative estimate of drug-likeness (QED) is 0.820. The molecule has 0 aromatic carbocycles. The zero-order valence-electron chi connectivity index (χ0n) is 9.76. The molecule has 0 fully saturated rings. The van der Waals surface area contributed by atoms with Crippen LogP contribution in [0.15, 0.2) is 16.7 Å². The fourth-order valence-electron chi connectivity index (χ4n) is 1.22. The molecule has 1 atom stereocenters. The number of anilines is 1. The van der Waals surface area contributed by atoms with Crippen molar-refractivity contribution in [3.63, 3.8) is 0 Å². The summed E-state index contributed by atoms with van der Waals surface area (Å²) < 4.78 is 0.775. The van der Waals surface area contributed by atoms with Crippen molar-refractivity contribution in [2.75, 3.05) is 18.4 Å². The van der Waals surface area contributed by atoms with Gasteiger partial charge in [0, 0.05) is 23.1 Å². The van der Waals surface area contributed by atoms with E-state index < -0.39 is 0 Å². The summed E-state index contributed by atoms with van der Waals surface area (Å²) in [6, 6.07) is 1.73. The maximum atomic E-state index is 11.8. The average molecular weight is 321 g/mol. The van der Waals surface area contributed by atoms with E-state index in [2.05, 4.69) is 31.5 Å². The van der Waals surface area contributed by atoms with Gasteiger partial charge in [0.2, 0.25) is 5.91 Å². The van der Waals surface area contributed by atoms with Gasteiger partial charge >= 0.3 is 0 Å². The van der Waals surface area contributed by atoms with Crippen LogP contribution in [0.4, 0.5) is 5.69 Å². The molecular weight excluding hydrogens is 305 g/mol. The fourth-order valence-corrected chi connectivity index (χ4v) is 1.70. The molecule has 0 aliphatic rings. The molecule has 1 aromatic heterocycles. The predicted molar refractivity (Wildman–Crippen MR) is 73.3 cm³/mol. The lowest BCUT2D eigenvalue weighted by molar-refractivity contribution is -0.119. The zero-order valence-corrected chi connectivity index (χ0v) is 12.1. The van der Waals surface area contributed by atoms with E-state index in [9.17, 15) is 4.79 Å². The summed E-state index contributed by atoms with van der Waals surface area (Å²) >= 11 is 9.17. The molecule has 0 bridgehead atoms. The number of rotatable bonds is 5. The standard InChI is InChI=1S/C11H15BrClN3O/c1-3-14-5-7(2)11(17)16-9-4-8(12)6-15-10(9)13/h4,6-7,14H,3,5H2,1-2H3,(H,16,17). The Hall–Kier alpha value is -0.650. The molecule has 94 valence electrons. The Morgan fingerprint density at radius 2 is 2.35 bits per heavy atom. The first kappa shape index (κ1) is 14.4. The Morgan fingerprint density at radius 3 is 3.00 bits per heavy atom. The lowest BCUT2D eigenvalue weighted by atomic mass is 10.1. The predicted octanol–water partition coefficient (Wildman–Crippen LogP) is 2.68. The van der Waals surface area contributed by atoms with Crippen molar-refractivity contribution in [3.8, 4) is 0 Å². The maximum Gasteiger partial charge on any atom is 0.228 e. The first-order chi connectivity index (χ1) is 8.04. The molecule has 2 N–H and O–H groups in total. The molecule has 1 rings (SSSR count). The van der Waals surface area contributed by atoms with Crippen LogP contribution in [0, 0.1) is 5.92 Å². The van der Waals surface area contributed by atoms with Gasteiger partial charge in [-0.1, -0.05) is 25.4 Å². The van der Waals surface area contributed by atoms with Gasteiger partial charge in [-0.25, -0.2) is 4.98 Å². The van der Waals surface area contributed by atoms with E-state index in [1.807, 2.05) is 13.8 Å². The highest BCUT2D eigenvalue weighted by atomic mass is 79.9. The summed E-state index contributed by atoms with van der Waals surface area (Å²) in [5.74, 6) is -0.197. The van der Waals surface area contributed by atoms with Crippen molar-refractivity contribution in [2.45, 2.75) is 13.8 Å². The van der Waals surface area contributed by atoms with Crippen molar-refractivity contribution in [1.29, 1.82) is 0 Å². The van der Waals surface area contributed by atoms with Crippen LogP contribution >= 0.6 is 27.5 Å². The van der Waals surface area contributed by atoms with Gasteiger partial charge < -0.3 is 10.6 Å². The number of hydrogen-bond acceptors (Lipinski definition) is 3. The van der Waals surface area contributed by atoms with Crippen molar-refractivity contribution in [3.05, 3.63) is 21.9 Å². The van der Waals surface area contributed by atoms with Gasteiger partial charge in [0.25, 0.3) is 0 Å². The number of hydrogen-bond donors (Lipinski definition) is 2. The zero-order chi connectivity index (χ0) is 12.8. The van der Waals surface area contributed by atoms with E-state index in [1.165, 1.54) is 0 Å². The van der Waals surface area contributed by atoms with E-state index in [0.717, 1.165) is 11.0 Å². The van der Waals surface area contributed by atoms with E-state index in [0.29, 0.717) is 12.2 Å². The van der Waals surface area contributed by atoms with Crippen LogP contribution in [0.2, 0.25) is 5.15 Å². The molecule has 0 spiro atoms. The van der Waals surface area contributed by atoms with Crippen molar-refractivity contribution in [2.24, 2.45) is 5.92 Å². The van der Waals surface area contributed by atoms with E-state index >= 15 is 0 Å². The summed E-state index contributed by atoms with van der Waals surface area (Å²) in [6.07, 6.45) is 1.58. The Labute approximate surface area is 114 Å². The summed E-state index contributed by atoms with van der Waals surface area (Å²) in [5, 5.41) is 6.17. The Morgan fingerprint density at radius 1 is 1.65 bits per heavy atom. The lowest BCUT2D eigenvalue weighted by Gasteiger charge is -2.13. The normalized spacial score (nSPS) is 12.2. The molecule has 0 radical (unpaired) electrons. The monoisotopic (exact) mass is 319 g/mol. The summed E-state index contributed by atoms with van der Waals surface area (Å²) in [4.78, 5) is 15.8. The van der Waals surface area contributed by atoms with Crippen molar-refractivity contribution >= 4 is 39.1 Å². The molecule has 4 nitrogen and oxygen atoms in total. The third-order valence-electron chi connectivity index (χ3n) is 2.21. The first-order valence-electron chi connectivity index (χ1n) is 5.37. The lowest BCUT2D eigenvalue weighted by Crippen LogP contribution is -2.30. The number of amides is 1. The number of aromatic nitrogens is 1. The minimum Gasteiger partial charge on any atom is -0.323 e. The minimum atomic E-state index is -0.120. The molecule has 0 saturated carbocycles. The smallest absolute Gasteiger partial charge is 0.228 e. The van der Waals surface area contributed by atoms with Gasteiger partial charge in [0.15, 0.2) is 5.15 Å². The van der Waals surface area contributed by atoms with Crippen LogP contribution in [0.5, 0.6) is 0 Å². The Kier molecular flexibility index (Phi) is 5.88. The number of pyridine rings is 1. The molecule has 1 amide bonds. The highest BCUT2D eigenvalue weighted by Gasteiger charge is 2.14. The van der Waals surface area contributed by atoms with Crippen molar-refractivity contribution < 1.29 is 4.79 Å². The first-order valence-corrected chi connectivity index (χ1v) is 6.54. The number of carbonyl (C=O) groups is 1. The molecule has 1 aromatic rings. The fraction of sp³-hybridized carbons (Fsp3) is 0.455. The topological polar surface area (TPSA) is 54.0 Å². The molecule has 0 saturated heterocycles. The van der Waals surface area contributed by atoms with Crippen LogP contribution < -0.4 is 10.6 Å².